The molecule has 2 heterocycles. The lowest BCUT2D eigenvalue weighted by Crippen LogP contribution is -2.25. The first kappa shape index (κ1) is 19.4. The van der Waals surface area contributed by atoms with Crippen molar-refractivity contribution < 1.29 is 23.4 Å². The van der Waals surface area contributed by atoms with Crippen LogP contribution in [0.3, 0.4) is 0 Å². The zero-order valence-electron chi connectivity index (χ0n) is 16.5. The molecular formula is C20H26N2O5S. The minimum Gasteiger partial charge on any atom is -0.493 e. The van der Waals surface area contributed by atoms with Gasteiger partial charge in [-0.15, -0.1) is 10.2 Å². The topological polar surface area (TPSA) is 75.8 Å². The van der Waals surface area contributed by atoms with Crippen LogP contribution in [0.25, 0.3) is 11.5 Å². The molecule has 1 aliphatic carbocycles. The number of ether oxygens (including phenoxy) is 4. The lowest BCUT2D eigenvalue weighted by molar-refractivity contribution is -0.0268. The maximum atomic E-state index is 6.35. The second-order valence-electron chi connectivity index (χ2n) is 7.27. The summed E-state index contributed by atoms with van der Waals surface area (Å²) in [5.41, 5.74) is 0.873. The fourth-order valence-corrected chi connectivity index (χ4v) is 4.95. The maximum absolute atomic E-state index is 6.35. The quantitative estimate of drug-likeness (QED) is 0.628. The molecule has 0 bridgehead atoms. The van der Waals surface area contributed by atoms with Crippen molar-refractivity contribution in [2.24, 2.45) is 0 Å². The smallest absolute Gasteiger partial charge is 0.276 e. The average Bonchev–Trinajstić information content (AvgIpc) is 3.47. The molecule has 0 N–H and O–H groups in total. The van der Waals surface area contributed by atoms with Crippen LogP contribution in [-0.2, 0) is 4.74 Å². The van der Waals surface area contributed by atoms with E-state index in [0.29, 0.717) is 28.4 Å². The highest BCUT2D eigenvalue weighted by molar-refractivity contribution is 7.99. The van der Waals surface area contributed by atoms with Crippen LogP contribution in [0.1, 0.15) is 38.5 Å². The summed E-state index contributed by atoms with van der Waals surface area (Å²) in [6.07, 6.45) is 7.56. The van der Waals surface area contributed by atoms with Crippen LogP contribution >= 0.6 is 11.8 Å². The molecule has 1 aromatic carbocycles. The van der Waals surface area contributed by atoms with Gasteiger partial charge in [-0.25, -0.2) is 0 Å². The maximum Gasteiger partial charge on any atom is 0.276 e. The normalized spacial score (nSPS) is 20.6. The van der Waals surface area contributed by atoms with E-state index in [1.54, 1.807) is 45.2 Å². The number of hydrogen-bond acceptors (Lipinski definition) is 8. The van der Waals surface area contributed by atoms with Crippen LogP contribution in [0.4, 0.5) is 0 Å². The Hall–Kier alpha value is -1.93. The third kappa shape index (κ3) is 3.80. The van der Waals surface area contributed by atoms with E-state index in [-0.39, 0.29) is 11.7 Å². The summed E-state index contributed by atoms with van der Waals surface area (Å²) in [6, 6.07) is 3.60. The summed E-state index contributed by atoms with van der Waals surface area (Å²) in [5.74, 6) is 2.87. The molecule has 1 atom stereocenters. The van der Waals surface area contributed by atoms with E-state index in [0.717, 1.165) is 17.7 Å². The van der Waals surface area contributed by atoms with Crippen molar-refractivity contribution in [1.82, 2.24) is 10.2 Å². The van der Waals surface area contributed by atoms with E-state index < -0.39 is 0 Å². The Morgan fingerprint density at radius 3 is 2.39 bits per heavy atom. The molecule has 1 unspecified atom stereocenters. The van der Waals surface area contributed by atoms with Crippen LogP contribution in [0.2, 0.25) is 0 Å². The van der Waals surface area contributed by atoms with Gasteiger partial charge < -0.3 is 23.4 Å². The lowest BCUT2D eigenvalue weighted by Gasteiger charge is -2.23. The van der Waals surface area contributed by atoms with Crippen LogP contribution < -0.4 is 14.2 Å². The van der Waals surface area contributed by atoms with Crippen molar-refractivity contribution in [1.29, 1.82) is 0 Å². The summed E-state index contributed by atoms with van der Waals surface area (Å²) < 4.78 is 28.3. The standard InChI is InChI=1S/C20H26N2O5S/c1-23-15-10-13(11-16(24-2)17(15)25-3)18-21-22-19(26-18)28-12-14-6-9-20(27-14)7-4-5-8-20/h10-11,14H,4-9,12H2,1-3H3. The van der Waals surface area contributed by atoms with Crippen molar-refractivity contribution in [3.05, 3.63) is 12.1 Å². The molecule has 1 spiro atoms. The van der Waals surface area contributed by atoms with E-state index in [2.05, 4.69) is 10.2 Å². The van der Waals surface area contributed by atoms with E-state index in [1.807, 2.05) is 0 Å². The van der Waals surface area contributed by atoms with Crippen molar-refractivity contribution in [3.63, 3.8) is 0 Å². The molecule has 4 rings (SSSR count). The third-order valence-electron chi connectivity index (χ3n) is 5.56. The predicted molar refractivity (Wildman–Crippen MR) is 105 cm³/mol. The highest BCUT2D eigenvalue weighted by Crippen LogP contribution is 2.44. The molecule has 2 aromatic rings. The van der Waals surface area contributed by atoms with Crippen molar-refractivity contribution in [2.45, 2.75) is 55.5 Å². The van der Waals surface area contributed by atoms with Crippen LogP contribution in [-0.4, -0.2) is 49.0 Å². The second kappa shape index (κ2) is 8.21. The van der Waals surface area contributed by atoms with Gasteiger partial charge in [-0.05, 0) is 37.8 Å². The van der Waals surface area contributed by atoms with Crippen molar-refractivity contribution in [2.75, 3.05) is 27.1 Å². The molecule has 28 heavy (non-hydrogen) atoms. The lowest BCUT2D eigenvalue weighted by atomic mass is 9.98. The van der Waals surface area contributed by atoms with Crippen LogP contribution in [0.15, 0.2) is 21.8 Å². The monoisotopic (exact) mass is 406 g/mol. The zero-order chi connectivity index (χ0) is 19.6. The first-order chi connectivity index (χ1) is 13.7. The molecule has 0 amide bonds. The van der Waals surface area contributed by atoms with Gasteiger partial charge in [-0.3, -0.25) is 0 Å². The molecule has 0 radical (unpaired) electrons. The van der Waals surface area contributed by atoms with Crippen molar-refractivity contribution in [3.8, 4) is 28.7 Å². The Bertz CT molecular complexity index is 794. The first-order valence-electron chi connectivity index (χ1n) is 9.61. The SMILES string of the molecule is COc1cc(-c2nnc(SCC3CCC4(CCCC4)O3)o2)cc(OC)c1OC. The number of nitrogens with zero attached hydrogens (tertiary/aromatic N) is 2. The molecule has 2 aliphatic rings. The van der Waals surface area contributed by atoms with Crippen molar-refractivity contribution >= 4 is 11.8 Å². The Kier molecular flexibility index (Phi) is 5.68. The zero-order valence-corrected chi connectivity index (χ0v) is 17.3. The minimum absolute atomic E-state index is 0.154. The van der Waals surface area contributed by atoms with E-state index >= 15 is 0 Å². The number of thioether (sulfide) groups is 1. The van der Waals surface area contributed by atoms with Gasteiger partial charge >= 0.3 is 0 Å². The van der Waals surface area contributed by atoms with E-state index in [9.17, 15) is 0 Å². The second-order valence-corrected chi connectivity index (χ2v) is 8.24. The number of rotatable bonds is 7. The Morgan fingerprint density at radius 2 is 1.75 bits per heavy atom. The van der Waals surface area contributed by atoms with Crippen LogP contribution in [0.5, 0.6) is 17.2 Å². The molecule has 7 nitrogen and oxygen atoms in total. The highest BCUT2D eigenvalue weighted by atomic mass is 32.2. The molecule has 1 saturated carbocycles. The summed E-state index contributed by atoms with van der Waals surface area (Å²) in [6.45, 7) is 0. The van der Waals surface area contributed by atoms with Gasteiger partial charge in [0.25, 0.3) is 5.22 Å². The Labute approximate surface area is 169 Å². The number of aromatic nitrogens is 2. The molecule has 152 valence electrons. The predicted octanol–water partition coefficient (Wildman–Crippen LogP) is 4.35. The first-order valence-corrected chi connectivity index (χ1v) is 10.6. The molecule has 1 aliphatic heterocycles. The van der Waals surface area contributed by atoms with Gasteiger partial charge in [0.05, 0.1) is 33.0 Å². The molecule has 8 heteroatoms. The summed E-state index contributed by atoms with van der Waals surface area (Å²) in [5, 5.41) is 8.89. The largest absolute Gasteiger partial charge is 0.493 e. The average molecular weight is 407 g/mol. The molecule has 1 saturated heterocycles. The van der Waals surface area contributed by atoms with E-state index in [4.69, 9.17) is 23.4 Å². The molecular weight excluding hydrogens is 380 g/mol. The minimum atomic E-state index is 0.154. The van der Waals surface area contributed by atoms with Crippen LogP contribution in [0, 0.1) is 0 Å². The fourth-order valence-electron chi connectivity index (χ4n) is 4.15. The van der Waals surface area contributed by atoms with Gasteiger partial charge in [0.2, 0.25) is 11.6 Å². The summed E-state index contributed by atoms with van der Waals surface area (Å²) in [7, 11) is 4.73. The van der Waals surface area contributed by atoms with E-state index in [1.165, 1.54) is 32.1 Å². The van der Waals surface area contributed by atoms with Gasteiger partial charge in [-0.2, -0.15) is 0 Å². The van der Waals surface area contributed by atoms with Gasteiger partial charge in [-0.1, -0.05) is 24.6 Å². The highest BCUT2D eigenvalue weighted by Gasteiger charge is 2.42. The Balaban J connectivity index is 1.43. The number of methoxy groups -OCH3 is 3. The van der Waals surface area contributed by atoms with Gasteiger partial charge in [0.1, 0.15) is 0 Å². The number of benzene rings is 1. The fraction of sp³-hybridized carbons (Fsp3) is 0.600. The van der Waals surface area contributed by atoms with Gasteiger partial charge in [0, 0.05) is 11.3 Å². The van der Waals surface area contributed by atoms with Gasteiger partial charge in [0.15, 0.2) is 11.5 Å². The summed E-state index contributed by atoms with van der Waals surface area (Å²) >= 11 is 1.55. The number of hydrogen-bond donors (Lipinski definition) is 0. The third-order valence-corrected chi connectivity index (χ3v) is 6.51. The Morgan fingerprint density at radius 1 is 1.04 bits per heavy atom. The molecule has 1 aromatic heterocycles. The summed E-state index contributed by atoms with van der Waals surface area (Å²) in [4.78, 5) is 0. The molecule has 2 fully saturated rings.